The van der Waals surface area contributed by atoms with E-state index in [0.29, 0.717) is 0 Å². The zero-order chi connectivity index (χ0) is 12.1. The smallest absolute Gasteiger partial charge is 0.0500 e. The molecule has 1 unspecified atom stereocenters. The van der Waals surface area contributed by atoms with Gasteiger partial charge >= 0.3 is 0 Å². The van der Waals surface area contributed by atoms with Gasteiger partial charge < -0.3 is 5.11 Å². The zero-order valence-corrected chi connectivity index (χ0v) is 11.9. The van der Waals surface area contributed by atoms with E-state index in [1.54, 1.807) is 11.3 Å². The molecule has 0 aliphatic rings. The van der Waals surface area contributed by atoms with Gasteiger partial charge in [0.15, 0.2) is 0 Å². The number of aliphatic hydroxyl groups excluding tert-OH is 1. The summed E-state index contributed by atoms with van der Waals surface area (Å²) in [6, 6.07) is 12.4. The van der Waals surface area contributed by atoms with E-state index in [1.807, 2.05) is 18.2 Å². The summed E-state index contributed by atoms with van der Waals surface area (Å²) < 4.78 is 1.09. The van der Waals surface area contributed by atoms with Crippen molar-refractivity contribution in [1.82, 2.24) is 0 Å². The van der Waals surface area contributed by atoms with Crippen molar-refractivity contribution in [3.8, 4) is 0 Å². The predicted molar refractivity (Wildman–Crippen MR) is 76.6 cm³/mol. The Balaban J connectivity index is 2.04. The van der Waals surface area contributed by atoms with Crippen molar-refractivity contribution in [3.63, 3.8) is 0 Å². The van der Waals surface area contributed by atoms with Gasteiger partial charge in [0.25, 0.3) is 0 Å². The van der Waals surface area contributed by atoms with Gasteiger partial charge in [-0.25, -0.2) is 0 Å². The first-order valence-electron chi connectivity index (χ1n) is 5.69. The van der Waals surface area contributed by atoms with Crippen LogP contribution in [0.25, 0.3) is 0 Å². The van der Waals surface area contributed by atoms with Crippen molar-refractivity contribution >= 4 is 27.3 Å². The Hall–Kier alpha value is -0.640. The van der Waals surface area contributed by atoms with Crippen LogP contribution in [0.2, 0.25) is 0 Å². The van der Waals surface area contributed by atoms with Crippen LogP contribution < -0.4 is 0 Å². The lowest BCUT2D eigenvalue weighted by atomic mass is 9.95. The van der Waals surface area contributed by atoms with Gasteiger partial charge in [-0.1, -0.05) is 40.2 Å². The number of halogens is 1. The maximum absolute atomic E-state index is 9.52. The molecule has 1 aromatic carbocycles. The second-order valence-electron chi connectivity index (χ2n) is 4.02. The summed E-state index contributed by atoms with van der Waals surface area (Å²) >= 11 is 5.33. The SMILES string of the molecule is OCC(CCc1cccs1)c1ccccc1Br. The Morgan fingerprint density at radius 2 is 2.00 bits per heavy atom. The third kappa shape index (κ3) is 3.41. The highest BCUT2D eigenvalue weighted by molar-refractivity contribution is 9.10. The number of rotatable bonds is 5. The van der Waals surface area contributed by atoms with Crippen LogP contribution in [-0.2, 0) is 6.42 Å². The molecule has 0 radical (unpaired) electrons. The van der Waals surface area contributed by atoms with Crippen LogP contribution in [0.5, 0.6) is 0 Å². The van der Waals surface area contributed by atoms with Crippen LogP contribution in [0.3, 0.4) is 0 Å². The van der Waals surface area contributed by atoms with Gasteiger partial charge in [0, 0.05) is 21.9 Å². The molecule has 90 valence electrons. The Morgan fingerprint density at radius 3 is 2.65 bits per heavy atom. The lowest BCUT2D eigenvalue weighted by Crippen LogP contribution is -2.06. The second-order valence-corrected chi connectivity index (χ2v) is 5.91. The molecule has 1 nitrogen and oxygen atoms in total. The first kappa shape index (κ1) is 12.8. The lowest BCUT2D eigenvalue weighted by molar-refractivity contribution is 0.259. The van der Waals surface area contributed by atoms with Gasteiger partial charge in [-0.15, -0.1) is 11.3 Å². The van der Waals surface area contributed by atoms with E-state index in [2.05, 4.69) is 39.5 Å². The minimum absolute atomic E-state index is 0.202. The Bertz CT molecular complexity index is 453. The van der Waals surface area contributed by atoms with Crippen molar-refractivity contribution in [2.45, 2.75) is 18.8 Å². The number of benzene rings is 1. The van der Waals surface area contributed by atoms with E-state index < -0.39 is 0 Å². The monoisotopic (exact) mass is 310 g/mol. The average Bonchev–Trinajstić information content (AvgIpc) is 2.85. The number of aliphatic hydroxyl groups is 1. The van der Waals surface area contributed by atoms with E-state index in [-0.39, 0.29) is 12.5 Å². The minimum Gasteiger partial charge on any atom is -0.396 e. The Labute approximate surface area is 114 Å². The van der Waals surface area contributed by atoms with Crippen molar-refractivity contribution in [3.05, 3.63) is 56.7 Å². The highest BCUT2D eigenvalue weighted by Crippen LogP contribution is 2.28. The predicted octanol–water partition coefficient (Wildman–Crippen LogP) is 4.22. The molecule has 2 rings (SSSR count). The quantitative estimate of drug-likeness (QED) is 0.876. The first-order chi connectivity index (χ1) is 8.31. The number of hydrogen-bond acceptors (Lipinski definition) is 2. The fraction of sp³-hybridized carbons (Fsp3) is 0.286. The molecular weight excluding hydrogens is 296 g/mol. The molecule has 2 aromatic rings. The van der Waals surface area contributed by atoms with Crippen molar-refractivity contribution in [2.75, 3.05) is 6.61 Å². The lowest BCUT2D eigenvalue weighted by Gasteiger charge is -2.15. The average molecular weight is 311 g/mol. The highest BCUT2D eigenvalue weighted by Gasteiger charge is 2.13. The molecule has 0 amide bonds. The van der Waals surface area contributed by atoms with Crippen LogP contribution in [0.4, 0.5) is 0 Å². The molecule has 0 aliphatic carbocycles. The molecular formula is C14H15BrOS. The second kappa shape index (κ2) is 6.34. The summed E-state index contributed by atoms with van der Waals surface area (Å²) in [5, 5.41) is 11.6. The molecule has 0 aliphatic heterocycles. The van der Waals surface area contributed by atoms with Crippen LogP contribution in [0.15, 0.2) is 46.3 Å². The van der Waals surface area contributed by atoms with Crippen LogP contribution in [-0.4, -0.2) is 11.7 Å². The summed E-state index contributed by atoms with van der Waals surface area (Å²) in [6.07, 6.45) is 2.02. The van der Waals surface area contributed by atoms with Crippen LogP contribution in [0.1, 0.15) is 22.8 Å². The van der Waals surface area contributed by atoms with Gasteiger partial charge in [-0.3, -0.25) is 0 Å². The third-order valence-corrected chi connectivity index (χ3v) is 4.54. The molecule has 0 fully saturated rings. The maximum atomic E-state index is 9.52. The minimum atomic E-state index is 0.202. The third-order valence-electron chi connectivity index (χ3n) is 2.88. The summed E-state index contributed by atoms with van der Waals surface area (Å²) in [7, 11) is 0. The zero-order valence-electron chi connectivity index (χ0n) is 9.47. The summed E-state index contributed by atoms with van der Waals surface area (Å²) in [5.74, 6) is 0.215. The summed E-state index contributed by atoms with van der Waals surface area (Å²) in [4.78, 5) is 1.38. The number of hydrogen-bond donors (Lipinski definition) is 1. The Kier molecular flexibility index (Phi) is 4.77. The highest BCUT2D eigenvalue weighted by atomic mass is 79.9. The normalized spacial score (nSPS) is 12.6. The Morgan fingerprint density at radius 1 is 1.18 bits per heavy atom. The van der Waals surface area contributed by atoms with Crippen LogP contribution >= 0.6 is 27.3 Å². The van der Waals surface area contributed by atoms with Gasteiger partial charge in [0.1, 0.15) is 0 Å². The van der Waals surface area contributed by atoms with E-state index in [0.717, 1.165) is 17.3 Å². The maximum Gasteiger partial charge on any atom is 0.0500 e. The summed E-state index contributed by atoms with van der Waals surface area (Å²) in [6.45, 7) is 0.202. The molecule has 0 bridgehead atoms. The molecule has 0 spiro atoms. The van der Waals surface area contributed by atoms with Gasteiger partial charge in [-0.2, -0.15) is 0 Å². The molecule has 0 saturated carbocycles. The van der Waals surface area contributed by atoms with Crippen molar-refractivity contribution in [2.24, 2.45) is 0 Å². The van der Waals surface area contributed by atoms with Gasteiger partial charge in [0.05, 0.1) is 0 Å². The fourth-order valence-corrected chi connectivity index (χ4v) is 3.26. The molecule has 1 atom stereocenters. The van der Waals surface area contributed by atoms with Crippen molar-refractivity contribution in [1.29, 1.82) is 0 Å². The molecule has 3 heteroatoms. The van der Waals surface area contributed by atoms with Gasteiger partial charge in [0.2, 0.25) is 0 Å². The number of thiophene rings is 1. The molecule has 1 aromatic heterocycles. The molecule has 1 heterocycles. The van der Waals surface area contributed by atoms with E-state index >= 15 is 0 Å². The van der Waals surface area contributed by atoms with E-state index in [1.165, 1.54) is 10.4 Å². The van der Waals surface area contributed by atoms with E-state index in [4.69, 9.17) is 0 Å². The number of aryl methyl sites for hydroxylation is 1. The first-order valence-corrected chi connectivity index (χ1v) is 7.36. The van der Waals surface area contributed by atoms with E-state index in [9.17, 15) is 5.11 Å². The molecule has 0 saturated heterocycles. The van der Waals surface area contributed by atoms with Crippen molar-refractivity contribution < 1.29 is 5.11 Å². The topological polar surface area (TPSA) is 20.2 Å². The molecule has 1 N–H and O–H groups in total. The fourth-order valence-electron chi connectivity index (χ4n) is 1.92. The summed E-state index contributed by atoms with van der Waals surface area (Å²) in [5.41, 5.74) is 1.20. The molecule has 17 heavy (non-hydrogen) atoms. The standard InChI is InChI=1S/C14H15BrOS/c15-14-6-2-1-5-13(14)11(10-16)7-8-12-4-3-9-17-12/h1-6,9,11,16H,7-8,10H2. The van der Waals surface area contributed by atoms with Gasteiger partial charge in [-0.05, 0) is 35.9 Å². The largest absolute Gasteiger partial charge is 0.396 e. The van der Waals surface area contributed by atoms with Crippen LogP contribution in [0, 0.1) is 0 Å².